The maximum Gasteiger partial charge on any atom is 0.529 e. The lowest BCUT2D eigenvalue weighted by Gasteiger charge is -2.39. The number of ether oxygens (including phenoxy) is 9. The van der Waals surface area contributed by atoms with Crippen LogP contribution < -0.4 is 0 Å². The molecule has 0 bridgehead atoms. The van der Waals surface area contributed by atoms with E-state index in [0.29, 0.717) is 11.1 Å². The molecule has 0 saturated heterocycles. The average molecular weight is 1100 g/mol. The van der Waals surface area contributed by atoms with Gasteiger partial charge in [0.05, 0.1) is 33.0 Å². The predicted octanol–water partition coefficient (Wildman–Crippen LogP) is 11.0. The number of hydrogen-bond acceptors (Lipinski definition) is 11. The molecule has 0 saturated carbocycles. The maximum atomic E-state index is 14.4. The summed E-state index contributed by atoms with van der Waals surface area (Å²) >= 11 is 0. The van der Waals surface area contributed by atoms with Gasteiger partial charge in [-0.25, -0.2) is 18.9 Å². The molecule has 0 aromatic heterocycles. The van der Waals surface area contributed by atoms with E-state index >= 15 is 0 Å². The molecule has 0 radical (unpaired) electrons. The van der Waals surface area contributed by atoms with Crippen molar-refractivity contribution in [2.45, 2.75) is 91.3 Å². The standard InChI is InChI=1S/C35H28F25NO10/c1-62-12-13-63-14-15-65-24(19-8-4-2-5-9-19,20-10-6-3-7-11-20)22-16-21(66-61-22)17-64-18-23(36,37)67-28(44,45)25(38,39)26(40,41)29(46,47)68-30(48,49)27(42,43)31(50,51)69-32(52,53)33(54,55)70-35(59,60)71-34(56,57)58/h2-11,21H,12-18H2,1H3. The first-order chi connectivity index (χ1) is 32.0. The third-order valence-electron chi connectivity index (χ3n) is 8.52. The summed E-state index contributed by atoms with van der Waals surface area (Å²) in [5.41, 5.74) is -1.00. The third-order valence-corrected chi connectivity index (χ3v) is 8.52. The lowest BCUT2D eigenvalue weighted by atomic mass is 9.80. The number of oxime groups is 1. The van der Waals surface area contributed by atoms with Gasteiger partial charge < -0.3 is 23.8 Å². The quantitative estimate of drug-likeness (QED) is 0.0444. The minimum absolute atomic E-state index is 0.0465. The number of benzene rings is 2. The van der Waals surface area contributed by atoms with E-state index in [1.54, 1.807) is 60.7 Å². The highest BCUT2D eigenvalue weighted by Crippen LogP contribution is 2.59. The summed E-state index contributed by atoms with van der Waals surface area (Å²) < 4.78 is 369. The molecule has 0 amide bonds. The smallest absolute Gasteiger partial charge is 0.390 e. The van der Waals surface area contributed by atoms with Crippen LogP contribution in [0.2, 0.25) is 0 Å². The van der Waals surface area contributed by atoms with Crippen LogP contribution in [0.3, 0.4) is 0 Å². The van der Waals surface area contributed by atoms with Crippen molar-refractivity contribution in [3.8, 4) is 0 Å². The molecule has 36 heteroatoms. The number of alkyl halides is 25. The van der Waals surface area contributed by atoms with Crippen LogP contribution >= 0.6 is 0 Å². The molecule has 0 fully saturated rings. The van der Waals surface area contributed by atoms with Gasteiger partial charge in [0.2, 0.25) is 0 Å². The largest absolute Gasteiger partial charge is 0.529 e. The predicted molar refractivity (Wildman–Crippen MR) is 176 cm³/mol. The first-order valence-corrected chi connectivity index (χ1v) is 18.3. The van der Waals surface area contributed by atoms with Gasteiger partial charge in [0, 0.05) is 13.5 Å². The van der Waals surface area contributed by atoms with Gasteiger partial charge in [-0.2, -0.15) is 92.5 Å². The van der Waals surface area contributed by atoms with Crippen molar-refractivity contribution in [1.29, 1.82) is 0 Å². The van der Waals surface area contributed by atoms with Crippen LogP contribution in [0.5, 0.6) is 0 Å². The molecule has 0 spiro atoms. The lowest BCUT2D eigenvalue weighted by Crippen LogP contribution is -2.68. The van der Waals surface area contributed by atoms with Crippen molar-refractivity contribution in [3.05, 3.63) is 71.8 Å². The van der Waals surface area contributed by atoms with E-state index < -0.39 is 105 Å². The second-order valence-corrected chi connectivity index (χ2v) is 13.7. The van der Waals surface area contributed by atoms with Gasteiger partial charge in [-0.3, -0.25) is 0 Å². The average Bonchev–Trinajstić information content (AvgIpc) is 3.67. The van der Waals surface area contributed by atoms with Crippen molar-refractivity contribution >= 4 is 5.71 Å². The minimum atomic E-state index is -8.71. The van der Waals surface area contributed by atoms with Crippen LogP contribution in [0.1, 0.15) is 17.5 Å². The summed E-state index contributed by atoms with van der Waals surface area (Å²) in [7, 11) is 1.39. The Morgan fingerprint density at radius 2 is 0.901 bits per heavy atom. The van der Waals surface area contributed by atoms with Gasteiger partial charge in [0.1, 0.15) is 12.3 Å². The van der Waals surface area contributed by atoms with Gasteiger partial charge in [-0.1, -0.05) is 65.8 Å². The highest BCUT2D eigenvalue weighted by Gasteiger charge is 2.88. The number of rotatable bonds is 29. The van der Waals surface area contributed by atoms with E-state index in [0.717, 1.165) is 4.74 Å². The Morgan fingerprint density at radius 3 is 1.37 bits per heavy atom. The summed E-state index contributed by atoms with van der Waals surface area (Å²) in [5, 5.41) is 3.90. The van der Waals surface area contributed by atoms with Gasteiger partial charge in [0.15, 0.2) is 11.7 Å². The molecule has 0 N–H and O–H groups in total. The van der Waals surface area contributed by atoms with E-state index in [1.807, 2.05) is 0 Å². The summed E-state index contributed by atoms with van der Waals surface area (Å²) in [6.45, 7) is -3.91. The molecule has 2 aromatic rings. The molecule has 408 valence electrons. The molecule has 1 heterocycles. The molecule has 1 aliphatic heterocycles. The zero-order valence-corrected chi connectivity index (χ0v) is 34.3. The highest BCUT2D eigenvalue weighted by molar-refractivity contribution is 5.97. The van der Waals surface area contributed by atoms with Crippen molar-refractivity contribution < 1.29 is 157 Å². The van der Waals surface area contributed by atoms with Gasteiger partial charge in [-0.15, -0.1) is 22.0 Å². The topological polar surface area (TPSA) is 105 Å². The summed E-state index contributed by atoms with van der Waals surface area (Å²) in [6, 6.07) is 15.6. The van der Waals surface area contributed by atoms with Crippen LogP contribution in [0.4, 0.5) is 110 Å². The van der Waals surface area contributed by atoms with Gasteiger partial charge >= 0.3 is 73.2 Å². The summed E-state index contributed by atoms with van der Waals surface area (Å²) in [4.78, 5) is 5.15. The third kappa shape index (κ3) is 13.9. The maximum absolute atomic E-state index is 14.4. The SMILES string of the molecule is COCCOCCOC(C1=NOC(COCC(F)(F)OC(F)(F)C(F)(F)C(F)(F)C(F)(F)OC(F)(F)C(F)(F)C(F)(F)OC(F)(F)C(F)(F)OC(F)(F)OC(F)(F)F)C1)(c1ccccc1)c1ccccc1. The molecule has 1 aliphatic rings. The van der Waals surface area contributed by atoms with Crippen molar-refractivity contribution in [2.24, 2.45) is 5.16 Å². The normalized spacial score (nSPS) is 16.9. The van der Waals surface area contributed by atoms with E-state index in [9.17, 15) is 110 Å². The van der Waals surface area contributed by atoms with Crippen molar-refractivity contribution in [3.63, 3.8) is 0 Å². The fourth-order valence-electron chi connectivity index (χ4n) is 5.38. The number of halogens is 25. The second-order valence-electron chi connectivity index (χ2n) is 13.7. The minimum Gasteiger partial charge on any atom is -0.390 e. The second kappa shape index (κ2) is 21.3. The highest BCUT2D eigenvalue weighted by atomic mass is 19.4. The first kappa shape index (κ1) is 61.1. The Balaban J connectivity index is 1.76. The molecule has 71 heavy (non-hydrogen) atoms. The lowest BCUT2D eigenvalue weighted by molar-refractivity contribution is -0.589. The zero-order valence-electron chi connectivity index (χ0n) is 34.3. The monoisotopic (exact) mass is 1100 g/mol. The molecule has 1 atom stereocenters. The number of methoxy groups -OCH3 is 1. The Hall–Kier alpha value is -4.20. The fraction of sp³-hybridized carbons (Fsp3) is 0.629. The number of nitrogens with zero attached hydrogens (tertiary/aromatic N) is 1. The fourth-order valence-corrected chi connectivity index (χ4v) is 5.38. The Bertz CT molecular complexity index is 2010. The van der Waals surface area contributed by atoms with E-state index in [4.69, 9.17) is 19.0 Å². The molecule has 0 aliphatic carbocycles. The van der Waals surface area contributed by atoms with Gasteiger partial charge in [-0.05, 0) is 11.1 Å². The van der Waals surface area contributed by atoms with E-state index in [-0.39, 0.29) is 32.1 Å². The van der Waals surface area contributed by atoms with Crippen LogP contribution in [-0.2, 0) is 53.1 Å². The molecule has 1 unspecified atom stereocenters. The molecule has 2 aromatic carbocycles. The van der Waals surface area contributed by atoms with Crippen LogP contribution in [0.15, 0.2) is 65.8 Å². The molecular weight excluding hydrogens is 1070 g/mol. The molecule has 3 rings (SSSR count). The Kier molecular flexibility index (Phi) is 18.4. The number of hydrogen-bond donors (Lipinski definition) is 0. The van der Waals surface area contributed by atoms with Crippen molar-refractivity contribution in [1.82, 2.24) is 0 Å². The summed E-state index contributed by atoms with van der Waals surface area (Å²) in [5.74, 6) is -25.9. The van der Waals surface area contributed by atoms with Gasteiger partial charge in [0.25, 0.3) is 0 Å². The van der Waals surface area contributed by atoms with E-state index in [1.165, 1.54) is 21.3 Å². The van der Waals surface area contributed by atoms with Crippen LogP contribution in [0.25, 0.3) is 0 Å². The first-order valence-electron chi connectivity index (χ1n) is 18.3. The van der Waals surface area contributed by atoms with Crippen LogP contribution in [-0.4, -0.2) is 132 Å². The Morgan fingerprint density at radius 1 is 0.479 bits per heavy atom. The molecule has 11 nitrogen and oxygen atoms in total. The summed E-state index contributed by atoms with van der Waals surface area (Å²) in [6.07, 6.45) is -71.5. The zero-order chi connectivity index (χ0) is 54.6. The van der Waals surface area contributed by atoms with Crippen LogP contribution in [0, 0.1) is 0 Å². The van der Waals surface area contributed by atoms with E-state index in [2.05, 4.69) is 14.6 Å². The van der Waals surface area contributed by atoms with Crippen molar-refractivity contribution in [2.75, 3.05) is 46.8 Å². The molecular formula is C35H28F25NO10. The Labute approximate surface area is 378 Å².